The fourth-order valence-corrected chi connectivity index (χ4v) is 5.27. The molecule has 1 aromatic heterocycles. The molecule has 2 unspecified atom stereocenters. The average molecular weight is 490 g/mol. The van der Waals surface area contributed by atoms with Gasteiger partial charge in [0.1, 0.15) is 0 Å². The van der Waals surface area contributed by atoms with Gasteiger partial charge in [0.2, 0.25) is 0 Å². The van der Waals surface area contributed by atoms with Crippen molar-refractivity contribution in [3.8, 4) is 11.5 Å². The van der Waals surface area contributed by atoms with Gasteiger partial charge in [0.15, 0.2) is 17.8 Å². The van der Waals surface area contributed by atoms with Gasteiger partial charge in [-0.2, -0.15) is 0 Å². The number of benzene rings is 2. The minimum atomic E-state index is -0.379. The third-order valence-corrected chi connectivity index (χ3v) is 6.99. The molecule has 0 N–H and O–H groups in total. The Morgan fingerprint density at radius 1 is 0.833 bits per heavy atom. The van der Waals surface area contributed by atoms with E-state index in [1.54, 1.807) is 7.11 Å². The Morgan fingerprint density at radius 2 is 1.53 bits per heavy atom. The number of rotatable bonds is 13. The van der Waals surface area contributed by atoms with Crippen LogP contribution in [0.2, 0.25) is 0 Å². The molecule has 4 rings (SSSR count). The summed E-state index contributed by atoms with van der Waals surface area (Å²) in [4.78, 5) is 4.23. The Bertz CT molecular complexity index is 1030. The molecule has 1 aliphatic carbocycles. The molecule has 1 heterocycles. The molecule has 1 fully saturated rings. The predicted octanol–water partition coefficient (Wildman–Crippen LogP) is 6.92. The monoisotopic (exact) mass is 489 g/mol. The first-order valence-electron chi connectivity index (χ1n) is 13.2. The Kier molecular flexibility index (Phi) is 9.76. The van der Waals surface area contributed by atoms with Gasteiger partial charge >= 0.3 is 0 Å². The van der Waals surface area contributed by atoms with E-state index in [0.717, 1.165) is 30.8 Å². The van der Waals surface area contributed by atoms with Crippen LogP contribution in [0.4, 0.5) is 0 Å². The van der Waals surface area contributed by atoms with Crippen LogP contribution in [0.25, 0.3) is 0 Å². The summed E-state index contributed by atoms with van der Waals surface area (Å²) < 4.78 is 24.6. The second kappa shape index (κ2) is 13.4. The van der Waals surface area contributed by atoms with Crippen molar-refractivity contribution in [2.75, 3.05) is 20.3 Å². The molecular weight excluding hydrogens is 450 g/mol. The molecular formula is C31H39NO4. The Hall–Kier alpha value is -2.89. The highest BCUT2D eigenvalue weighted by Gasteiger charge is 2.34. The summed E-state index contributed by atoms with van der Waals surface area (Å²) in [6.45, 7) is 5.20. The largest absolute Gasteiger partial charge is 0.493 e. The second-order valence-corrected chi connectivity index (χ2v) is 9.32. The predicted molar refractivity (Wildman–Crippen MR) is 143 cm³/mol. The van der Waals surface area contributed by atoms with Gasteiger partial charge in [-0.1, -0.05) is 36.4 Å². The summed E-state index contributed by atoms with van der Waals surface area (Å²) in [7, 11) is 1.71. The van der Waals surface area contributed by atoms with Gasteiger partial charge in [0.05, 0.1) is 13.2 Å². The molecule has 0 spiro atoms. The van der Waals surface area contributed by atoms with Gasteiger partial charge in [-0.15, -0.1) is 0 Å². The lowest BCUT2D eigenvalue weighted by atomic mass is 9.77. The third-order valence-electron chi connectivity index (χ3n) is 6.99. The van der Waals surface area contributed by atoms with E-state index in [1.165, 1.54) is 29.5 Å². The Balaban J connectivity index is 1.80. The molecule has 0 radical (unpaired) electrons. The maximum atomic E-state index is 6.48. The summed E-state index contributed by atoms with van der Waals surface area (Å²) in [5.41, 5.74) is 3.59. The van der Waals surface area contributed by atoms with Gasteiger partial charge in [0.25, 0.3) is 0 Å². The topological polar surface area (TPSA) is 49.8 Å². The van der Waals surface area contributed by atoms with E-state index in [-0.39, 0.29) is 24.2 Å². The van der Waals surface area contributed by atoms with Gasteiger partial charge < -0.3 is 18.9 Å². The molecule has 0 saturated heterocycles. The molecule has 5 nitrogen and oxygen atoms in total. The van der Waals surface area contributed by atoms with Crippen LogP contribution in [0.3, 0.4) is 0 Å². The zero-order valence-electron chi connectivity index (χ0n) is 21.8. The van der Waals surface area contributed by atoms with Crippen molar-refractivity contribution >= 4 is 0 Å². The first-order chi connectivity index (χ1) is 17.7. The van der Waals surface area contributed by atoms with Crippen LogP contribution in [-0.2, 0) is 15.9 Å². The minimum Gasteiger partial charge on any atom is -0.493 e. The van der Waals surface area contributed by atoms with Crippen LogP contribution < -0.4 is 9.47 Å². The molecule has 0 bridgehead atoms. The molecule has 1 saturated carbocycles. The molecule has 0 aliphatic heterocycles. The van der Waals surface area contributed by atoms with E-state index in [1.807, 2.05) is 32.3 Å². The van der Waals surface area contributed by atoms with Crippen LogP contribution in [-0.4, -0.2) is 37.7 Å². The van der Waals surface area contributed by atoms with Crippen molar-refractivity contribution < 1.29 is 18.9 Å². The van der Waals surface area contributed by atoms with E-state index in [4.69, 9.17) is 18.9 Å². The normalized spacial score (nSPS) is 15.7. The highest BCUT2D eigenvalue weighted by atomic mass is 16.7. The van der Waals surface area contributed by atoms with Crippen LogP contribution in [0, 0.1) is 0 Å². The highest BCUT2D eigenvalue weighted by Crippen LogP contribution is 2.43. The number of nitrogens with zero attached hydrogens (tertiary/aromatic N) is 1. The van der Waals surface area contributed by atoms with Crippen molar-refractivity contribution in [2.24, 2.45) is 0 Å². The molecule has 2 aromatic carbocycles. The van der Waals surface area contributed by atoms with Gasteiger partial charge in [-0.25, -0.2) is 0 Å². The van der Waals surface area contributed by atoms with E-state index in [2.05, 4.69) is 59.6 Å². The fraction of sp³-hybridized carbons (Fsp3) is 0.452. The number of aromatic nitrogens is 1. The lowest BCUT2D eigenvalue weighted by Crippen LogP contribution is -2.31. The SMILES string of the molecule is CCOC(OCC)C(c1ccccc1)C(Cc1ccncc1)c1ccc(OC)c(OC2CCCC2)c1. The minimum absolute atomic E-state index is 0.0213. The van der Waals surface area contributed by atoms with Crippen LogP contribution in [0.15, 0.2) is 73.1 Å². The number of hydrogen-bond donors (Lipinski definition) is 0. The number of methoxy groups -OCH3 is 1. The van der Waals surface area contributed by atoms with Crippen LogP contribution in [0.1, 0.15) is 68.1 Å². The van der Waals surface area contributed by atoms with Crippen LogP contribution >= 0.6 is 0 Å². The van der Waals surface area contributed by atoms with Crippen molar-refractivity contribution in [1.29, 1.82) is 0 Å². The van der Waals surface area contributed by atoms with E-state index in [0.29, 0.717) is 13.2 Å². The standard InChI is InChI=1S/C31H39NO4/c1-4-34-31(35-5-2)30(24-11-7-6-8-12-24)27(21-23-17-19-32-20-18-23)25-15-16-28(33-3)29(22-25)36-26-13-9-10-14-26/h6-8,11-12,15-20,22,26-27,30-31H,4-5,9-10,13-14,21H2,1-3H3. The molecule has 192 valence electrons. The van der Waals surface area contributed by atoms with Gasteiger partial charge in [-0.3, -0.25) is 4.98 Å². The smallest absolute Gasteiger partial charge is 0.164 e. The molecule has 36 heavy (non-hydrogen) atoms. The van der Waals surface area contributed by atoms with Gasteiger partial charge in [0, 0.05) is 31.5 Å². The van der Waals surface area contributed by atoms with E-state index < -0.39 is 0 Å². The quantitative estimate of drug-likeness (QED) is 0.244. The second-order valence-electron chi connectivity index (χ2n) is 9.32. The molecule has 1 aliphatic rings. The maximum absolute atomic E-state index is 6.48. The summed E-state index contributed by atoms with van der Waals surface area (Å²) in [5.74, 6) is 1.65. The first kappa shape index (κ1) is 26.2. The lowest BCUT2D eigenvalue weighted by molar-refractivity contribution is -0.154. The van der Waals surface area contributed by atoms with Crippen molar-refractivity contribution in [3.63, 3.8) is 0 Å². The number of hydrogen-bond acceptors (Lipinski definition) is 5. The zero-order chi connectivity index (χ0) is 25.2. The molecule has 0 amide bonds. The summed E-state index contributed by atoms with van der Waals surface area (Å²) in [5, 5.41) is 0. The van der Waals surface area contributed by atoms with E-state index >= 15 is 0 Å². The zero-order valence-corrected chi connectivity index (χ0v) is 21.8. The van der Waals surface area contributed by atoms with Crippen molar-refractivity contribution in [2.45, 2.75) is 70.2 Å². The van der Waals surface area contributed by atoms with E-state index in [9.17, 15) is 0 Å². The van der Waals surface area contributed by atoms with Crippen molar-refractivity contribution in [3.05, 3.63) is 89.7 Å². The molecule has 3 aromatic rings. The molecule has 5 heteroatoms. The average Bonchev–Trinajstić information content (AvgIpc) is 3.43. The summed E-state index contributed by atoms with van der Waals surface area (Å²) >= 11 is 0. The number of ether oxygens (including phenoxy) is 4. The Morgan fingerprint density at radius 3 is 2.17 bits per heavy atom. The lowest BCUT2D eigenvalue weighted by Gasteiger charge is -2.34. The summed E-state index contributed by atoms with van der Waals surface area (Å²) in [6, 6.07) is 21.1. The Labute approximate surface area is 215 Å². The fourth-order valence-electron chi connectivity index (χ4n) is 5.27. The van der Waals surface area contributed by atoms with Crippen molar-refractivity contribution in [1.82, 2.24) is 4.98 Å². The maximum Gasteiger partial charge on any atom is 0.164 e. The number of pyridine rings is 1. The molecule has 2 atom stereocenters. The van der Waals surface area contributed by atoms with Gasteiger partial charge in [-0.05, 0) is 92.8 Å². The van der Waals surface area contributed by atoms with Crippen LogP contribution in [0.5, 0.6) is 11.5 Å². The first-order valence-corrected chi connectivity index (χ1v) is 13.2. The third kappa shape index (κ3) is 6.65. The summed E-state index contributed by atoms with van der Waals surface area (Å²) in [6.07, 6.45) is 9.02. The highest BCUT2D eigenvalue weighted by molar-refractivity contribution is 5.45.